The lowest BCUT2D eigenvalue weighted by atomic mass is 10.1. The molecule has 0 amide bonds. The molecule has 0 bridgehead atoms. The van der Waals surface area contributed by atoms with E-state index in [4.69, 9.17) is 12.2 Å². The molecule has 59 heavy (non-hydrogen) atoms. The molecule has 0 fully saturated rings. The lowest BCUT2D eigenvalue weighted by molar-refractivity contribution is 0.255. The van der Waals surface area contributed by atoms with Gasteiger partial charge in [-0.05, 0) is 96.1 Å². The molecule has 0 saturated heterocycles. The summed E-state index contributed by atoms with van der Waals surface area (Å²) in [6.45, 7) is 15.5. The van der Waals surface area contributed by atoms with Crippen molar-refractivity contribution >= 4 is 37.4 Å². The van der Waals surface area contributed by atoms with Crippen LogP contribution in [0.25, 0.3) is 0 Å². The van der Waals surface area contributed by atoms with E-state index in [0.29, 0.717) is 26.2 Å². The molecule has 1 N–H and O–H groups in total. The van der Waals surface area contributed by atoms with Crippen LogP contribution in [0.1, 0.15) is 220 Å². The third-order valence-electron chi connectivity index (χ3n) is 11.7. The van der Waals surface area contributed by atoms with Gasteiger partial charge in [-0.1, -0.05) is 156 Å². The number of unbranched alkanes of at least 4 members (excludes halogenated alkanes) is 23. The fraction of sp³-hybridized carbons (Fsp3) is 0.979. The minimum absolute atomic E-state index is 0.271. The standard InChI is InChI=1S/C47H99N5O4S3/c1-7-11-15-19-21-32-43-51(41-30-17-13-9-3)58(53,54)45-35-25-23-28-38-50(40-34-27-37-48-47(57)49(5)6)39-29-24-26-36-46-59(55,56)52(42-31-18-14-10-4)44-33-22-20-16-12-8-2/h7-46H2,1-6H3,(H,48,57). The van der Waals surface area contributed by atoms with Crippen LogP contribution >= 0.6 is 12.2 Å². The average Bonchev–Trinajstić information content (AvgIpc) is 3.20. The summed E-state index contributed by atoms with van der Waals surface area (Å²) >= 11 is 5.39. The Morgan fingerprint density at radius 3 is 1.00 bits per heavy atom. The number of rotatable bonds is 45. The Morgan fingerprint density at radius 2 is 0.661 bits per heavy atom. The molecule has 354 valence electrons. The van der Waals surface area contributed by atoms with Crippen LogP contribution in [0.3, 0.4) is 0 Å². The number of sulfonamides is 2. The maximum Gasteiger partial charge on any atom is 0.214 e. The van der Waals surface area contributed by atoms with Gasteiger partial charge in [0.15, 0.2) is 5.11 Å². The summed E-state index contributed by atoms with van der Waals surface area (Å²) in [7, 11) is -2.52. The van der Waals surface area contributed by atoms with Gasteiger partial charge >= 0.3 is 0 Å². The van der Waals surface area contributed by atoms with Gasteiger partial charge < -0.3 is 15.1 Å². The second kappa shape index (κ2) is 40.3. The molecule has 0 saturated carbocycles. The molecular weight excluding hydrogens is 795 g/mol. The van der Waals surface area contributed by atoms with Crippen molar-refractivity contribution in [1.82, 2.24) is 23.7 Å². The molecule has 0 unspecified atom stereocenters. The molecule has 0 aliphatic rings. The lowest BCUT2D eigenvalue weighted by Gasteiger charge is -2.23. The SMILES string of the molecule is CCCCCCCCN(CCCCCC)S(=O)(=O)CCCCCCN(CCCCCCS(=O)(=O)N(CCCCCC)CCCCCCCC)CCCCNC(=S)N(C)C. The van der Waals surface area contributed by atoms with Crippen molar-refractivity contribution in [2.45, 2.75) is 220 Å². The summed E-state index contributed by atoms with van der Waals surface area (Å²) in [6.07, 6.45) is 32.7. The molecule has 0 heterocycles. The smallest absolute Gasteiger partial charge is 0.214 e. The van der Waals surface area contributed by atoms with Crippen molar-refractivity contribution in [2.24, 2.45) is 0 Å². The number of hydrogen-bond donors (Lipinski definition) is 1. The van der Waals surface area contributed by atoms with Gasteiger partial charge in [0.25, 0.3) is 0 Å². The quantitative estimate of drug-likeness (QED) is 0.0477. The maximum absolute atomic E-state index is 13.4. The zero-order valence-corrected chi connectivity index (χ0v) is 42.4. The molecule has 0 aliphatic carbocycles. The van der Waals surface area contributed by atoms with E-state index in [2.05, 4.69) is 37.9 Å². The van der Waals surface area contributed by atoms with E-state index in [0.717, 1.165) is 160 Å². The lowest BCUT2D eigenvalue weighted by Crippen LogP contribution is -2.35. The summed E-state index contributed by atoms with van der Waals surface area (Å²) in [5, 5.41) is 4.11. The molecule has 0 rings (SSSR count). The summed E-state index contributed by atoms with van der Waals surface area (Å²) in [5.41, 5.74) is 0. The van der Waals surface area contributed by atoms with Gasteiger partial charge in [0.05, 0.1) is 11.5 Å². The summed E-state index contributed by atoms with van der Waals surface area (Å²) in [4.78, 5) is 4.51. The predicted molar refractivity (Wildman–Crippen MR) is 263 cm³/mol. The monoisotopic (exact) mass is 894 g/mol. The Bertz CT molecular complexity index is 1080. The molecule has 12 heteroatoms. The van der Waals surface area contributed by atoms with Gasteiger partial charge in [0.1, 0.15) is 0 Å². The highest BCUT2D eigenvalue weighted by Gasteiger charge is 2.22. The highest BCUT2D eigenvalue weighted by molar-refractivity contribution is 7.89. The molecule has 0 aromatic carbocycles. The van der Waals surface area contributed by atoms with E-state index in [-0.39, 0.29) is 11.5 Å². The first-order valence-corrected chi connectivity index (χ1v) is 28.7. The maximum atomic E-state index is 13.4. The first-order chi connectivity index (χ1) is 28.4. The van der Waals surface area contributed by atoms with Crippen LogP contribution in [-0.4, -0.2) is 118 Å². The topological polar surface area (TPSA) is 93.3 Å². The van der Waals surface area contributed by atoms with Gasteiger partial charge in [0, 0.05) is 46.8 Å². The van der Waals surface area contributed by atoms with Crippen LogP contribution in [0.5, 0.6) is 0 Å². The predicted octanol–water partition coefficient (Wildman–Crippen LogP) is 11.8. The van der Waals surface area contributed by atoms with E-state index < -0.39 is 20.0 Å². The average molecular weight is 895 g/mol. The van der Waals surface area contributed by atoms with Crippen molar-refractivity contribution in [3.05, 3.63) is 0 Å². The highest BCUT2D eigenvalue weighted by atomic mass is 32.2. The third-order valence-corrected chi connectivity index (χ3v) is 16.1. The van der Waals surface area contributed by atoms with Crippen molar-refractivity contribution in [3.8, 4) is 0 Å². The molecule has 0 spiro atoms. The molecular formula is C47H99N5O4S3. The highest BCUT2D eigenvalue weighted by Crippen LogP contribution is 2.16. The first-order valence-electron chi connectivity index (χ1n) is 25.1. The van der Waals surface area contributed by atoms with Crippen LogP contribution < -0.4 is 5.32 Å². The van der Waals surface area contributed by atoms with Gasteiger partial charge in [-0.3, -0.25) is 0 Å². The summed E-state index contributed by atoms with van der Waals surface area (Å²) in [5.74, 6) is 0.543. The van der Waals surface area contributed by atoms with Crippen LogP contribution in [0.15, 0.2) is 0 Å². The zero-order chi connectivity index (χ0) is 43.9. The first kappa shape index (κ1) is 58.5. The Balaban J connectivity index is 4.96. The minimum Gasteiger partial charge on any atom is -0.363 e. The Hall–Kier alpha value is -0.530. The van der Waals surface area contributed by atoms with Crippen LogP contribution in [0, 0.1) is 0 Å². The zero-order valence-electron chi connectivity index (χ0n) is 39.9. The van der Waals surface area contributed by atoms with Crippen molar-refractivity contribution in [2.75, 3.05) is 78.0 Å². The molecule has 9 nitrogen and oxygen atoms in total. The number of hydrogen-bond acceptors (Lipinski definition) is 6. The van der Waals surface area contributed by atoms with Gasteiger partial charge in [0.2, 0.25) is 20.0 Å². The van der Waals surface area contributed by atoms with E-state index in [9.17, 15) is 16.8 Å². The van der Waals surface area contributed by atoms with E-state index in [1.165, 1.54) is 64.2 Å². The molecule has 0 aromatic heterocycles. The van der Waals surface area contributed by atoms with Crippen LogP contribution in [0.2, 0.25) is 0 Å². The van der Waals surface area contributed by atoms with E-state index >= 15 is 0 Å². The van der Waals surface area contributed by atoms with Crippen LogP contribution in [0.4, 0.5) is 0 Å². The largest absolute Gasteiger partial charge is 0.363 e. The Kier molecular flexibility index (Phi) is 39.9. The molecule has 0 aromatic rings. The fourth-order valence-corrected chi connectivity index (χ4v) is 11.1. The van der Waals surface area contributed by atoms with E-state index in [1.807, 2.05) is 27.6 Å². The van der Waals surface area contributed by atoms with E-state index in [1.54, 1.807) is 0 Å². The number of nitrogens with one attached hydrogen (secondary N) is 1. The minimum atomic E-state index is -3.22. The van der Waals surface area contributed by atoms with Crippen molar-refractivity contribution < 1.29 is 16.8 Å². The van der Waals surface area contributed by atoms with Crippen molar-refractivity contribution in [1.29, 1.82) is 0 Å². The second-order valence-electron chi connectivity index (χ2n) is 17.6. The summed E-state index contributed by atoms with van der Waals surface area (Å²) in [6, 6.07) is 0. The Labute approximate surface area is 374 Å². The second-order valence-corrected chi connectivity index (χ2v) is 22.2. The summed E-state index contributed by atoms with van der Waals surface area (Å²) < 4.78 is 57.4. The van der Waals surface area contributed by atoms with Crippen LogP contribution in [-0.2, 0) is 20.0 Å². The fourth-order valence-electron chi connectivity index (χ4n) is 7.70. The molecule has 0 radical (unpaired) electrons. The third kappa shape index (κ3) is 34.6. The van der Waals surface area contributed by atoms with Gasteiger partial charge in [-0.2, -0.15) is 0 Å². The van der Waals surface area contributed by atoms with Gasteiger partial charge in [-0.15, -0.1) is 0 Å². The number of nitrogens with zero attached hydrogens (tertiary/aromatic N) is 4. The number of thiocarbonyl (C=S) groups is 1. The van der Waals surface area contributed by atoms with Crippen molar-refractivity contribution in [3.63, 3.8) is 0 Å². The molecule has 0 aliphatic heterocycles. The molecule has 0 atom stereocenters. The van der Waals surface area contributed by atoms with Gasteiger partial charge in [-0.25, -0.2) is 25.4 Å². The Morgan fingerprint density at radius 1 is 0.390 bits per heavy atom. The normalized spacial score (nSPS) is 12.4.